The van der Waals surface area contributed by atoms with Gasteiger partial charge >= 0.3 is 0 Å². The maximum atomic E-state index is 12.9. The van der Waals surface area contributed by atoms with Crippen molar-refractivity contribution in [3.63, 3.8) is 0 Å². The van der Waals surface area contributed by atoms with E-state index in [1.54, 1.807) is 42.6 Å². The van der Waals surface area contributed by atoms with E-state index in [2.05, 4.69) is 4.98 Å². The lowest BCUT2D eigenvalue weighted by atomic mass is 10.1. The Hall–Kier alpha value is -2.27. The fourth-order valence-corrected chi connectivity index (χ4v) is 3.02. The van der Waals surface area contributed by atoms with Crippen LogP contribution in [0.2, 0.25) is 5.02 Å². The zero-order valence-corrected chi connectivity index (χ0v) is 14.2. The number of carbonyl (C=O) groups excluding carboxylic acids is 1. The number of pyridine rings is 1. The van der Waals surface area contributed by atoms with Gasteiger partial charge in [0.25, 0.3) is 5.91 Å². The van der Waals surface area contributed by atoms with Crippen LogP contribution < -0.4 is 9.47 Å². The van der Waals surface area contributed by atoms with Gasteiger partial charge in [0.05, 0.1) is 19.2 Å². The summed E-state index contributed by atoms with van der Waals surface area (Å²) in [5, 5.41) is 0.515. The fraction of sp³-hybridized carbons (Fsp3) is 0.333. The summed E-state index contributed by atoms with van der Waals surface area (Å²) < 4.78 is 11.3. The number of hydrogen-bond acceptors (Lipinski definition) is 4. The molecule has 0 N–H and O–H groups in total. The number of benzene rings is 1. The highest BCUT2D eigenvalue weighted by Crippen LogP contribution is 2.26. The van der Waals surface area contributed by atoms with Crippen LogP contribution in [0.5, 0.6) is 11.5 Å². The van der Waals surface area contributed by atoms with E-state index >= 15 is 0 Å². The van der Waals surface area contributed by atoms with Gasteiger partial charge in [0, 0.05) is 24.0 Å². The molecule has 1 aromatic carbocycles. The van der Waals surface area contributed by atoms with Crippen LogP contribution in [0, 0.1) is 0 Å². The van der Waals surface area contributed by atoms with Crippen molar-refractivity contribution in [1.82, 2.24) is 9.88 Å². The standard InChI is InChI=1S/C18H19ClN2O3/c1-23-17-5-4-13(19)11-16(17)18(22)21-10-2-3-15(12-21)24-14-6-8-20-9-7-14/h4-9,11,15H,2-3,10,12H2,1H3/t15-/m1/s1. The van der Waals surface area contributed by atoms with E-state index < -0.39 is 0 Å². The zero-order valence-electron chi connectivity index (χ0n) is 13.4. The van der Waals surface area contributed by atoms with Gasteiger partial charge in [-0.15, -0.1) is 0 Å². The highest BCUT2D eigenvalue weighted by Gasteiger charge is 2.27. The lowest BCUT2D eigenvalue weighted by molar-refractivity contribution is 0.0535. The number of halogens is 1. The molecular weight excluding hydrogens is 328 g/mol. The average Bonchev–Trinajstić information content (AvgIpc) is 2.62. The summed E-state index contributed by atoms with van der Waals surface area (Å²) >= 11 is 6.04. The van der Waals surface area contributed by atoms with E-state index in [9.17, 15) is 4.79 Å². The number of amides is 1. The largest absolute Gasteiger partial charge is 0.496 e. The molecular formula is C18H19ClN2O3. The molecule has 5 nitrogen and oxygen atoms in total. The summed E-state index contributed by atoms with van der Waals surface area (Å²) in [7, 11) is 1.55. The van der Waals surface area contributed by atoms with E-state index in [1.165, 1.54) is 0 Å². The van der Waals surface area contributed by atoms with Gasteiger partial charge in [0.2, 0.25) is 0 Å². The highest BCUT2D eigenvalue weighted by atomic mass is 35.5. The van der Waals surface area contributed by atoms with Crippen molar-refractivity contribution >= 4 is 17.5 Å². The third kappa shape index (κ3) is 3.79. The van der Waals surface area contributed by atoms with E-state index in [0.29, 0.717) is 29.4 Å². The molecule has 1 amide bonds. The monoisotopic (exact) mass is 346 g/mol. The SMILES string of the molecule is COc1ccc(Cl)cc1C(=O)N1CCC[C@@H](Oc2ccncc2)C1. The molecule has 3 rings (SSSR count). The Kier molecular flexibility index (Phi) is 5.20. The molecule has 2 aromatic rings. The van der Waals surface area contributed by atoms with Gasteiger partial charge in [0.1, 0.15) is 17.6 Å². The van der Waals surface area contributed by atoms with Gasteiger partial charge in [-0.2, -0.15) is 0 Å². The van der Waals surface area contributed by atoms with Gasteiger partial charge in [-0.1, -0.05) is 11.6 Å². The predicted octanol–water partition coefficient (Wildman–Crippen LogP) is 3.43. The molecule has 0 radical (unpaired) electrons. The molecule has 0 spiro atoms. The van der Waals surface area contributed by atoms with Crippen LogP contribution in [0.1, 0.15) is 23.2 Å². The van der Waals surface area contributed by atoms with Crippen LogP contribution >= 0.6 is 11.6 Å². The molecule has 1 saturated heterocycles. The number of rotatable bonds is 4. The molecule has 1 aromatic heterocycles. The van der Waals surface area contributed by atoms with Crippen LogP contribution in [0.15, 0.2) is 42.7 Å². The number of methoxy groups -OCH3 is 1. The summed E-state index contributed by atoms with van der Waals surface area (Å²) in [6.07, 6.45) is 5.16. The molecule has 6 heteroatoms. The molecule has 24 heavy (non-hydrogen) atoms. The van der Waals surface area contributed by atoms with Crippen molar-refractivity contribution in [2.24, 2.45) is 0 Å². The maximum absolute atomic E-state index is 12.9. The number of carbonyl (C=O) groups is 1. The third-order valence-corrected chi connectivity index (χ3v) is 4.24. The molecule has 1 fully saturated rings. The second-order valence-corrected chi connectivity index (χ2v) is 6.10. The fourth-order valence-electron chi connectivity index (χ4n) is 2.85. The van der Waals surface area contributed by atoms with Gasteiger partial charge < -0.3 is 14.4 Å². The molecule has 1 aliphatic heterocycles. The van der Waals surface area contributed by atoms with Crippen molar-refractivity contribution in [3.8, 4) is 11.5 Å². The zero-order chi connectivity index (χ0) is 16.9. The normalized spacial score (nSPS) is 17.4. The van der Waals surface area contributed by atoms with Crippen molar-refractivity contribution in [3.05, 3.63) is 53.3 Å². The van der Waals surface area contributed by atoms with Gasteiger partial charge in [-0.05, 0) is 43.2 Å². The Balaban J connectivity index is 1.72. The molecule has 1 aliphatic rings. The highest BCUT2D eigenvalue weighted by molar-refractivity contribution is 6.31. The van der Waals surface area contributed by atoms with Crippen LogP contribution in [0.25, 0.3) is 0 Å². The second kappa shape index (κ2) is 7.53. The number of nitrogens with zero attached hydrogens (tertiary/aromatic N) is 2. The molecule has 1 atom stereocenters. The first-order chi connectivity index (χ1) is 11.7. The summed E-state index contributed by atoms with van der Waals surface area (Å²) in [4.78, 5) is 18.6. The van der Waals surface area contributed by atoms with E-state index in [0.717, 1.165) is 18.6 Å². The van der Waals surface area contributed by atoms with E-state index in [4.69, 9.17) is 21.1 Å². The Morgan fingerprint density at radius 3 is 2.83 bits per heavy atom. The first-order valence-corrected chi connectivity index (χ1v) is 8.24. The number of hydrogen-bond donors (Lipinski definition) is 0. The molecule has 2 heterocycles. The van der Waals surface area contributed by atoms with Crippen molar-refractivity contribution in [1.29, 1.82) is 0 Å². The van der Waals surface area contributed by atoms with Crippen LogP contribution in [0.4, 0.5) is 0 Å². The number of likely N-dealkylation sites (tertiary alicyclic amines) is 1. The Bertz CT molecular complexity index is 709. The smallest absolute Gasteiger partial charge is 0.257 e. The lowest BCUT2D eigenvalue weighted by Gasteiger charge is -2.33. The van der Waals surface area contributed by atoms with Crippen molar-refractivity contribution in [2.75, 3.05) is 20.2 Å². The minimum Gasteiger partial charge on any atom is -0.496 e. The van der Waals surface area contributed by atoms with E-state index in [-0.39, 0.29) is 12.0 Å². The summed E-state index contributed by atoms with van der Waals surface area (Å²) in [5.74, 6) is 1.21. The number of aromatic nitrogens is 1. The molecule has 0 saturated carbocycles. The van der Waals surface area contributed by atoms with Crippen molar-refractivity contribution in [2.45, 2.75) is 18.9 Å². The first-order valence-electron chi connectivity index (χ1n) is 7.87. The quantitative estimate of drug-likeness (QED) is 0.851. The molecule has 0 aliphatic carbocycles. The minimum atomic E-state index is -0.0858. The Morgan fingerprint density at radius 1 is 1.29 bits per heavy atom. The topological polar surface area (TPSA) is 51.7 Å². The maximum Gasteiger partial charge on any atom is 0.257 e. The molecule has 0 bridgehead atoms. The van der Waals surface area contributed by atoms with Crippen molar-refractivity contribution < 1.29 is 14.3 Å². The molecule has 126 valence electrons. The molecule has 0 unspecified atom stereocenters. The van der Waals surface area contributed by atoms with Crippen LogP contribution in [-0.4, -0.2) is 42.1 Å². The summed E-state index contributed by atoms with van der Waals surface area (Å²) in [6, 6.07) is 8.71. The van der Waals surface area contributed by atoms with Crippen LogP contribution in [0.3, 0.4) is 0 Å². The number of ether oxygens (including phenoxy) is 2. The summed E-state index contributed by atoms with van der Waals surface area (Å²) in [6.45, 7) is 1.24. The number of piperidine rings is 1. The predicted molar refractivity (Wildman–Crippen MR) is 91.8 cm³/mol. The van der Waals surface area contributed by atoms with Gasteiger partial charge in [-0.3, -0.25) is 9.78 Å². The average molecular weight is 347 g/mol. The first kappa shape index (κ1) is 16.6. The minimum absolute atomic E-state index is 0.0321. The summed E-state index contributed by atoms with van der Waals surface area (Å²) in [5.41, 5.74) is 0.481. The second-order valence-electron chi connectivity index (χ2n) is 5.66. The van der Waals surface area contributed by atoms with Crippen LogP contribution in [-0.2, 0) is 0 Å². The Labute approximate surface area is 146 Å². The van der Waals surface area contributed by atoms with E-state index in [1.807, 2.05) is 12.1 Å². The lowest BCUT2D eigenvalue weighted by Crippen LogP contribution is -2.44. The van der Waals surface area contributed by atoms with Gasteiger partial charge in [0.15, 0.2) is 0 Å². The third-order valence-electron chi connectivity index (χ3n) is 4.01. The Morgan fingerprint density at radius 2 is 2.08 bits per heavy atom. The van der Waals surface area contributed by atoms with Gasteiger partial charge in [-0.25, -0.2) is 0 Å².